The maximum Gasteiger partial charge on any atom is 0.169 e. The average Bonchev–Trinajstić information content (AvgIpc) is 2.87. The third kappa shape index (κ3) is 1.48. The van der Waals surface area contributed by atoms with Gasteiger partial charge in [-0.15, -0.1) is 0 Å². The minimum absolute atomic E-state index is 0.285. The first-order valence-electron chi connectivity index (χ1n) is 5.57. The summed E-state index contributed by atoms with van der Waals surface area (Å²) in [5.74, 6) is 0.438. The number of nitrogens with zero attached hydrogens (tertiary/aromatic N) is 1. The smallest absolute Gasteiger partial charge is 0.169 e. The largest absolute Gasteiger partial charge is 0.381 e. The maximum absolute atomic E-state index is 14.0. The quantitative estimate of drug-likeness (QED) is 0.692. The lowest BCUT2D eigenvalue weighted by molar-refractivity contribution is 0.435. The molecule has 4 nitrogen and oxygen atoms in total. The lowest BCUT2D eigenvalue weighted by atomic mass is 10.1. The zero-order valence-electron chi connectivity index (χ0n) is 10.0. The van der Waals surface area contributed by atoms with E-state index in [4.69, 9.17) is 10.3 Å². The summed E-state index contributed by atoms with van der Waals surface area (Å²) in [5, 5.41) is 4.45. The number of nitrogens with two attached hydrogens (primary N) is 1. The van der Waals surface area contributed by atoms with Gasteiger partial charge < -0.3 is 15.2 Å². The molecule has 0 saturated heterocycles. The van der Waals surface area contributed by atoms with E-state index in [2.05, 4.69) is 10.1 Å². The van der Waals surface area contributed by atoms with Gasteiger partial charge in [0.05, 0.1) is 5.52 Å². The fourth-order valence-electron chi connectivity index (χ4n) is 2.08. The summed E-state index contributed by atoms with van der Waals surface area (Å²) in [5.41, 5.74) is 8.62. The van der Waals surface area contributed by atoms with Gasteiger partial charge in [-0.05, 0) is 31.5 Å². The van der Waals surface area contributed by atoms with Crippen molar-refractivity contribution in [3.05, 3.63) is 35.3 Å². The van der Waals surface area contributed by atoms with Crippen molar-refractivity contribution in [3.63, 3.8) is 0 Å². The Morgan fingerprint density at radius 1 is 1.28 bits per heavy atom. The number of aryl methyl sites for hydroxylation is 2. The van der Waals surface area contributed by atoms with Crippen LogP contribution in [0, 0.1) is 19.7 Å². The molecule has 2 heterocycles. The van der Waals surface area contributed by atoms with Crippen molar-refractivity contribution in [2.45, 2.75) is 13.8 Å². The van der Waals surface area contributed by atoms with E-state index in [9.17, 15) is 4.39 Å². The number of nitrogen functional groups attached to an aromatic ring is 1. The standard InChI is InChI=1S/C13H12FN3O/c1-6-7(2)16-13-9(6)3-8(4-10(13)14)11-5-12(15)17-18-11/h3-5,16H,1-2H3,(H2,15,17). The number of aromatic nitrogens is 2. The van der Waals surface area contributed by atoms with Crippen LogP contribution in [-0.2, 0) is 0 Å². The Labute approximate surface area is 103 Å². The van der Waals surface area contributed by atoms with E-state index in [1.807, 2.05) is 19.9 Å². The molecule has 0 saturated carbocycles. The molecule has 0 aliphatic heterocycles. The Morgan fingerprint density at radius 3 is 2.72 bits per heavy atom. The van der Waals surface area contributed by atoms with Crippen molar-refractivity contribution in [1.82, 2.24) is 10.1 Å². The second-order valence-corrected chi connectivity index (χ2v) is 4.37. The van der Waals surface area contributed by atoms with E-state index in [-0.39, 0.29) is 11.6 Å². The van der Waals surface area contributed by atoms with E-state index < -0.39 is 0 Å². The van der Waals surface area contributed by atoms with Crippen molar-refractivity contribution in [1.29, 1.82) is 0 Å². The van der Waals surface area contributed by atoms with Gasteiger partial charge in [-0.2, -0.15) is 0 Å². The molecule has 92 valence electrons. The van der Waals surface area contributed by atoms with Gasteiger partial charge in [0.1, 0.15) is 5.82 Å². The van der Waals surface area contributed by atoms with Crippen LogP contribution in [-0.4, -0.2) is 10.1 Å². The highest BCUT2D eigenvalue weighted by Crippen LogP contribution is 2.30. The van der Waals surface area contributed by atoms with Crippen LogP contribution in [0.3, 0.4) is 0 Å². The molecule has 0 aliphatic carbocycles. The van der Waals surface area contributed by atoms with Crippen LogP contribution in [0.25, 0.3) is 22.2 Å². The van der Waals surface area contributed by atoms with Crippen LogP contribution in [0.2, 0.25) is 0 Å². The molecule has 0 aliphatic rings. The summed E-state index contributed by atoms with van der Waals surface area (Å²) >= 11 is 0. The zero-order chi connectivity index (χ0) is 12.9. The zero-order valence-corrected chi connectivity index (χ0v) is 10.0. The normalized spacial score (nSPS) is 11.3. The molecule has 0 atom stereocenters. The molecular formula is C13H12FN3O. The monoisotopic (exact) mass is 245 g/mol. The highest BCUT2D eigenvalue weighted by molar-refractivity contribution is 5.88. The Hall–Kier alpha value is -2.30. The Balaban J connectivity index is 2.29. The number of benzene rings is 1. The van der Waals surface area contributed by atoms with Crippen molar-refractivity contribution < 1.29 is 8.91 Å². The molecule has 18 heavy (non-hydrogen) atoms. The average molecular weight is 245 g/mol. The molecule has 3 rings (SSSR count). The third-order valence-electron chi connectivity index (χ3n) is 3.18. The van der Waals surface area contributed by atoms with Gasteiger partial charge in [-0.25, -0.2) is 4.39 Å². The molecule has 5 heteroatoms. The van der Waals surface area contributed by atoms with Crippen LogP contribution in [0.15, 0.2) is 22.7 Å². The molecule has 0 fully saturated rings. The molecule has 3 aromatic rings. The third-order valence-corrected chi connectivity index (χ3v) is 3.18. The lowest BCUT2D eigenvalue weighted by Gasteiger charge is -1.99. The van der Waals surface area contributed by atoms with Crippen molar-refractivity contribution in [2.24, 2.45) is 0 Å². The molecule has 2 aromatic heterocycles. The Bertz CT molecular complexity index is 742. The van der Waals surface area contributed by atoms with Gasteiger partial charge >= 0.3 is 0 Å². The second kappa shape index (κ2) is 3.60. The number of anilines is 1. The van der Waals surface area contributed by atoms with E-state index in [1.54, 1.807) is 6.07 Å². The summed E-state index contributed by atoms with van der Waals surface area (Å²) < 4.78 is 19.1. The lowest BCUT2D eigenvalue weighted by Crippen LogP contribution is -1.82. The van der Waals surface area contributed by atoms with Gasteiger partial charge in [0.25, 0.3) is 0 Å². The SMILES string of the molecule is Cc1[nH]c2c(F)cc(-c3cc(N)no3)cc2c1C. The van der Waals surface area contributed by atoms with Crippen molar-refractivity contribution in [3.8, 4) is 11.3 Å². The fourth-order valence-corrected chi connectivity index (χ4v) is 2.08. The number of fused-ring (bicyclic) bond motifs is 1. The number of aromatic amines is 1. The van der Waals surface area contributed by atoms with Crippen molar-refractivity contribution in [2.75, 3.05) is 5.73 Å². The first-order chi connectivity index (χ1) is 8.56. The van der Waals surface area contributed by atoms with Gasteiger partial charge in [0.2, 0.25) is 0 Å². The van der Waals surface area contributed by atoms with E-state index >= 15 is 0 Å². The predicted octanol–water partition coefficient (Wildman–Crippen LogP) is 3.16. The molecule has 0 amide bonds. The van der Waals surface area contributed by atoms with Gasteiger partial charge in [0, 0.05) is 22.7 Å². The van der Waals surface area contributed by atoms with E-state index in [0.29, 0.717) is 16.8 Å². The summed E-state index contributed by atoms with van der Waals surface area (Å²) in [7, 11) is 0. The van der Waals surface area contributed by atoms with Crippen LogP contribution in [0.5, 0.6) is 0 Å². The van der Waals surface area contributed by atoms with Crippen LogP contribution in [0.1, 0.15) is 11.3 Å². The molecule has 0 radical (unpaired) electrons. The van der Waals surface area contributed by atoms with Crippen LogP contribution >= 0.6 is 0 Å². The maximum atomic E-state index is 14.0. The highest BCUT2D eigenvalue weighted by atomic mass is 19.1. The second-order valence-electron chi connectivity index (χ2n) is 4.37. The highest BCUT2D eigenvalue weighted by Gasteiger charge is 2.13. The van der Waals surface area contributed by atoms with E-state index in [0.717, 1.165) is 16.6 Å². The summed E-state index contributed by atoms with van der Waals surface area (Å²) in [4.78, 5) is 3.03. The molecule has 1 aromatic carbocycles. The number of halogens is 1. The summed E-state index contributed by atoms with van der Waals surface area (Å²) in [6.45, 7) is 3.87. The summed E-state index contributed by atoms with van der Waals surface area (Å²) in [6.07, 6.45) is 0. The van der Waals surface area contributed by atoms with Crippen LogP contribution < -0.4 is 5.73 Å². The number of hydrogen-bond donors (Lipinski definition) is 2. The van der Waals surface area contributed by atoms with Gasteiger partial charge in [0.15, 0.2) is 11.6 Å². The molecular weight excluding hydrogens is 233 g/mol. The number of nitrogens with one attached hydrogen (secondary N) is 1. The molecule has 0 bridgehead atoms. The predicted molar refractivity (Wildman–Crippen MR) is 67.6 cm³/mol. The van der Waals surface area contributed by atoms with Gasteiger partial charge in [-0.3, -0.25) is 0 Å². The Morgan fingerprint density at radius 2 is 2.06 bits per heavy atom. The number of rotatable bonds is 1. The Kier molecular flexibility index (Phi) is 2.16. The first kappa shape index (κ1) is 10.8. The van der Waals surface area contributed by atoms with Gasteiger partial charge in [-0.1, -0.05) is 5.16 Å². The molecule has 3 N–H and O–H groups in total. The minimum atomic E-state index is -0.311. The number of H-pyrrole nitrogens is 1. The summed E-state index contributed by atoms with van der Waals surface area (Å²) in [6, 6.07) is 4.87. The van der Waals surface area contributed by atoms with E-state index in [1.165, 1.54) is 6.07 Å². The topological polar surface area (TPSA) is 67.8 Å². The van der Waals surface area contributed by atoms with Crippen molar-refractivity contribution >= 4 is 16.7 Å². The van der Waals surface area contributed by atoms with Crippen LogP contribution in [0.4, 0.5) is 10.2 Å². The minimum Gasteiger partial charge on any atom is -0.381 e. The first-order valence-corrected chi connectivity index (χ1v) is 5.57. The molecule has 0 spiro atoms. The number of hydrogen-bond acceptors (Lipinski definition) is 3. The molecule has 0 unspecified atom stereocenters. The fraction of sp³-hybridized carbons (Fsp3) is 0.154.